The number of ether oxygens (including phenoxy) is 1. The second-order valence-corrected chi connectivity index (χ2v) is 12.0. The van der Waals surface area contributed by atoms with Crippen LogP contribution in [0.15, 0.2) is 42.4 Å². The Hall–Kier alpha value is -3.23. The van der Waals surface area contributed by atoms with Crippen LogP contribution in [0.2, 0.25) is 0 Å². The van der Waals surface area contributed by atoms with Crippen molar-refractivity contribution in [1.29, 1.82) is 0 Å². The summed E-state index contributed by atoms with van der Waals surface area (Å²) >= 11 is 0. The maximum atomic E-state index is 13.6. The van der Waals surface area contributed by atoms with Crippen LogP contribution in [0.25, 0.3) is 16.9 Å². The van der Waals surface area contributed by atoms with Crippen molar-refractivity contribution < 1.29 is 26.3 Å². The fourth-order valence-corrected chi connectivity index (χ4v) is 5.74. The first-order chi connectivity index (χ1) is 18.4. The number of hydrogen-bond acceptors (Lipinski definition) is 7. The van der Waals surface area contributed by atoms with Crippen molar-refractivity contribution in [2.45, 2.75) is 26.4 Å². The Morgan fingerprint density at radius 3 is 2.59 bits per heavy atom. The molecule has 1 aliphatic heterocycles. The largest absolute Gasteiger partial charge is 0.412 e. The lowest BCUT2D eigenvalue weighted by molar-refractivity contribution is -0.100. The molecular formula is C25H30F3N7O3S. The molecule has 0 amide bonds. The molecule has 2 unspecified atom stereocenters. The second kappa shape index (κ2) is 10.1. The highest BCUT2D eigenvalue weighted by Gasteiger charge is 2.40. The molecule has 2 aliphatic rings. The van der Waals surface area contributed by atoms with E-state index in [1.54, 1.807) is 24.4 Å². The van der Waals surface area contributed by atoms with Crippen LogP contribution < -0.4 is 4.90 Å². The van der Waals surface area contributed by atoms with Gasteiger partial charge in [0.15, 0.2) is 11.5 Å². The minimum atomic E-state index is -4.41. The molecule has 0 bridgehead atoms. The molecule has 0 aromatic carbocycles. The number of fused-ring (bicyclic) bond motifs is 1. The Morgan fingerprint density at radius 2 is 1.92 bits per heavy atom. The van der Waals surface area contributed by atoms with Crippen molar-refractivity contribution >= 4 is 21.7 Å². The smallest absolute Gasteiger partial charge is 0.378 e. The molecule has 0 N–H and O–H groups in total. The molecule has 39 heavy (non-hydrogen) atoms. The Balaban J connectivity index is 1.62. The van der Waals surface area contributed by atoms with Crippen molar-refractivity contribution in [3.05, 3.63) is 53.8 Å². The summed E-state index contributed by atoms with van der Waals surface area (Å²) in [7, 11) is -0.919. The zero-order chi connectivity index (χ0) is 28.1. The predicted molar refractivity (Wildman–Crippen MR) is 140 cm³/mol. The molecule has 2 atom stereocenters. The average molecular weight is 566 g/mol. The molecule has 0 spiro atoms. The van der Waals surface area contributed by atoms with Gasteiger partial charge in [-0.15, -0.1) is 5.10 Å². The Labute approximate surface area is 224 Å². The molecule has 5 rings (SSSR count). The number of imidazole rings is 2. The molecule has 1 fully saturated rings. The summed E-state index contributed by atoms with van der Waals surface area (Å²) in [6.07, 6.45) is 2.92. The molecule has 1 saturated heterocycles. The first-order valence-electron chi connectivity index (χ1n) is 12.5. The molecule has 4 heterocycles. The molecular weight excluding hydrogens is 535 g/mol. The van der Waals surface area contributed by atoms with Gasteiger partial charge in [-0.05, 0) is 31.2 Å². The van der Waals surface area contributed by atoms with E-state index < -0.39 is 33.8 Å². The molecule has 0 radical (unpaired) electrons. The van der Waals surface area contributed by atoms with Gasteiger partial charge in [0.1, 0.15) is 6.33 Å². The third-order valence-corrected chi connectivity index (χ3v) is 8.94. The van der Waals surface area contributed by atoms with Crippen LogP contribution in [0.5, 0.6) is 0 Å². The highest BCUT2D eigenvalue weighted by atomic mass is 32.2. The SMILES string of the molecule is Cc1nc2c(-c3cn(S(=O)(=O)N(C)C)cn3)cc(N3CCOCC3)nn2c1CC1C=CC=C(C(F)(F)F)C1C. The van der Waals surface area contributed by atoms with Crippen LogP contribution in [0.3, 0.4) is 0 Å². The fourth-order valence-electron chi connectivity index (χ4n) is 4.96. The summed E-state index contributed by atoms with van der Waals surface area (Å²) in [6, 6.07) is 1.82. The third kappa shape index (κ3) is 5.08. The van der Waals surface area contributed by atoms with Crippen LogP contribution >= 0.6 is 0 Å². The van der Waals surface area contributed by atoms with Crippen molar-refractivity contribution in [2.24, 2.45) is 11.8 Å². The van der Waals surface area contributed by atoms with E-state index in [0.717, 1.165) is 14.4 Å². The van der Waals surface area contributed by atoms with Crippen LogP contribution in [0.4, 0.5) is 19.0 Å². The van der Waals surface area contributed by atoms with Crippen molar-refractivity contribution in [1.82, 2.24) is 27.9 Å². The van der Waals surface area contributed by atoms with E-state index in [2.05, 4.69) is 4.98 Å². The van der Waals surface area contributed by atoms with Gasteiger partial charge in [0.05, 0.1) is 35.9 Å². The summed E-state index contributed by atoms with van der Waals surface area (Å²) in [5.41, 5.74) is 2.16. The van der Waals surface area contributed by atoms with E-state index in [4.69, 9.17) is 14.8 Å². The van der Waals surface area contributed by atoms with Crippen molar-refractivity contribution in [2.75, 3.05) is 45.3 Å². The molecule has 0 saturated carbocycles. The van der Waals surface area contributed by atoms with Crippen LogP contribution in [0, 0.1) is 18.8 Å². The number of rotatable bonds is 6. The van der Waals surface area contributed by atoms with Crippen LogP contribution in [0.1, 0.15) is 18.3 Å². The molecule has 1 aliphatic carbocycles. The highest BCUT2D eigenvalue weighted by Crippen LogP contribution is 2.39. The van der Waals surface area contributed by atoms with Crippen LogP contribution in [-0.2, 0) is 21.4 Å². The number of alkyl halides is 3. The van der Waals surface area contributed by atoms with Gasteiger partial charge in [0.2, 0.25) is 0 Å². The number of hydrogen-bond donors (Lipinski definition) is 0. The highest BCUT2D eigenvalue weighted by molar-refractivity contribution is 7.87. The first-order valence-corrected chi connectivity index (χ1v) is 13.9. The number of anilines is 1. The first kappa shape index (κ1) is 27.3. The quantitative estimate of drug-likeness (QED) is 0.453. The second-order valence-electron chi connectivity index (χ2n) is 9.94. The lowest BCUT2D eigenvalue weighted by Gasteiger charge is -2.29. The number of nitrogens with zero attached hydrogens (tertiary/aromatic N) is 7. The van der Waals surface area contributed by atoms with E-state index >= 15 is 0 Å². The van der Waals surface area contributed by atoms with Crippen molar-refractivity contribution in [3.8, 4) is 11.3 Å². The van der Waals surface area contributed by atoms with Crippen LogP contribution in [-0.4, -0.2) is 82.9 Å². The minimum Gasteiger partial charge on any atom is -0.378 e. The lowest BCUT2D eigenvalue weighted by atomic mass is 9.80. The van der Waals surface area contributed by atoms with E-state index in [9.17, 15) is 21.6 Å². The van der Waals surface area contributed by atoms with E-state index in [0.29, 0.717) is 66.8 Å². The van der Waals surface area contributed by atoms with Gasteiger partial charge in [0, 0.05) is 39.0 Å². The Morgan fingerprint density at radius 1 is 1.21 bits per heavy atom. The number of allylic oxidation sites excluding steroid dienone is 4. The van der Waals surface area contributed by atoms with Gasteiger partial charge in [-0.3, -0.25) is 0 Å². The van der Waals surface area contributed by atoms with Gasteiger partial charge >= 0.3 is 16.4 Å². The summed E-state index contributed by atoms with van der Waals surface area (Å²) < 4.78 is 75.4. The number of aromatic nitrogens is 5. The molecule has 10 nitrogen and oxygen atoms in total. The molecule has 210 valence electrons. The fraction of sp³-hybridized carbons (Fsp3) is 0.480. The normalized spacial score (nSPS) is 20.7. The Kier molecular flexibility index (Phi) is 7.06. The maximum Gasteiger partial charge on any atom is 0.412 e. The number of halogens is 3. The molecule has 3 aromatic rings. The zero-order valence-corrected chi connectivity index (χ0v) is 22.9. The standard InChI is InChI=1S/C25H30F3N7O3S/c1-16-18(6-5-7-20(16)25(26,27)28)12-22-17(2)30-24-19(21-14-34(15-29-21)39(36,37)32(3)4)13-23(31-35(22)24)33-8-10-38-11-9-33/h5-7,13-16,18H,8-12H2,1-4H3. The van der Waals surface area contributed by atoms with Gasteiger partial charge < -0.3 is 9.64 Å². The van der Waals surface area contributed by atoms with Gasteiger partial charge in [-0.2, -0.15) is 25.9 Å². The van der Waals surface area contributed by atoms with Crippen molar-refractivity contribution in [3.63, 3.8) is 0 Å². The number of aryl methyl sites for hydroxylation is 1. The van der Waals surface area contributed by atoms with Gasteiger partial charge in [-0.25, -0.2) is 18.5 Å². The average Bonchev–Trinajstić information content (AvgIpc) is 3.50. The summed E-state index contributed by atoms with van der Waals surface area (Å²) in [4.78, 5) is 11.1. The van der Waals surface area contributed by atoms with E-state index in [1.807, 2.05) is 11.0 Å². The maximum absolute atomic E-state index is 13.6. The molecule has 14 heteroatoms. The Bertz CT molecular complexity index is 1550. The number of morpholine rings is 1. The zero-order valence-electron chi connectivity index (χ0n) is 22.1. The van der Waals surface area contributed by atoms with E-state index in [-0.39, 0.29) is 0 Å². The predicted octanol–water partition coefficient (Wildman–Crippen LogP) is 3.25. The topological polar surface area (TPSA) is 97.9 Å². The monoisotopic (exact) mass is 565 g/mol. The van der Waals surface area contributed by atoms with Gasteiger partial charge in [0.25, 0.3) is 0 Å². The summed E-state index contributed by atoms with van der Waals surface area (Å²) in [5.74, 6) is -0.534. The minimum absolute atomic E-state index is 0.292. The summed E-state index contributed by atoms with van der Waals surface area (Å²) in [6.45, 7) is 5.64. The third-order valence-electron chi connectivity index (χ3n) is 7.29. The summed E-state index contributed by atoms with van der Waals surface area (Å²) in [5, 5.41) is 4.85. The van der Waals surface area contributed by atoms with E-state index in [1.165, 1.54) is 32.7 Å². The van der Waals surface area contributed by atoms with Gasteiger partial charge in [-0.1, -0.05) is 25.2 Å². The lowest BCUT2D eigenvalue weighted by Crippen LogP contribution is -2.37. The molecule has 3 aromatic heterocycles.